The number of benzene rings is 2. The van der Waals surface area contributed by atoms with E-state index in [-0.39, 0.29) is 16.7 Å². The van der Waals surface area contributed by atoms with Crippen LogP contribution in [0.3, 0.4) is 0 Å². The van der Waals surface area contributed by atoms with E-state index in [2.05, 4.69) is 40.3 Å². The highest BCUT2D eigenvalue weighted by Gasteiger charge is 2.41. The van der Waals surface area contributed by atoms with Crippen molar-refractivity contribution in [3.63, 3.8) is 0 Å². The van der Waals surface area contributed by atoms with Gasteiger partial charge in [0.25, 0.3) is 11.9 Å². The number of oxazole rings is 1. The van der Waals surface area contributed by atoms with E-state index in [0.29, 0.717) is 24.9 Å². The summed E-state index contributed by atoms with van der Waals surface area (Å²) in [6.07, 6.45) is 1.98. The predicted molar refractivity (Wildman–Crippen MR) is 153 cm³/mol. The fourth-order valence-corrected chi connectivity index (χ4v) is 6.79. The molecule has 0 atom stereocenters. The molecule has 1 N–H and O–H groups in total. The molecule has 0 saturated carbocycles. The number of hydrogen-bond acceptors (Lipinski definition) is 5. The van der Waals surface area contributed by atoms with Crippen LogP contribution >= 0.6 is 0 Å². The quantitative estimate of drug-likeness (QED) is 0.297. The van der Waals surface area contributed by atoms with Crippen LogP contribution in [-0.4, -0.2) is 49.2 Å². The van der Waals surface area contributed by atoms with E-state index in [1.54, 1.807) is 0 Å². The Bertz CT molecular complexity index is 1380. The summed E-state index contributed by atoms with van der Waals surface area (Å²) in [6.45, 7) is 8.50. The third-order valence-corrected chi connectivity index (χ3v) is 9.46. The Kier molecular flexibility index (Phi) is 7.48. The number of piperidine rings is 2. The highest BCUT2D eigenvalue weighted by molar-refractivity contribution is 5.62. The van der Waals surface area contributed by atoms with Crippen LogP contribution in [0.4, 0.5) is 33.7 Å². The van der Waals surface area contributed by atoms with Gasteiger partial charge in [-0.2, -0.15) is 13.2 Å². The maximum atomic E-state index is 13.9. The first-order valence-corrected chi connectivity index (χ1v) is 14.8. The van der Waals surface area contributed by atoms with Gasteiger partial charge in [0.1, 0.15) is 0 Å². The minimum Gasteiger partial charge on any atom is -0.423 e. The van der Waals surface area contributed by atoms with E-state index >= 15 is 0 Å². The molecule has 0 aliphatic carbocycles. The lowest BCUT2D eigenvalue weighted by molar-refractivity contribution is -0.137. The summed E-state index contributed by atoms with van der Waals surface area (Å²) in [5, 5.41) is 3.63. The van der Waals surface area contributed by atoms with Gasteiger partial charge in [-0.05, 0) is 100.0 Å². The summed E-state index contributed by atoms with van der Waals surface area (Å²) >= 11 is 0. The molecule has 3 aliphatic heterocycles. The van der Waals surface area contributed by atoms with E-state index < -0.39 is 23.2 Å². The molecule has 3 aliphatic rings. The van der Waals surface area contributed by atoms with Gasteiger partial charge >= 0.3 is 6.18 Å². The molecule has 1 aromatic heterocycles. The largest absolute Gasteiger partial charge is 0.423 e. The van der Waals surface area contributed by atoms with Crippen molar-refractivity contribution in [1.29, 1.82) is 0 Å². The Labute approximate surface area is 243 Å². The molecule has 0 bridgehead atoms. The normalized spacial score (nSPS) is 19.7. The number of anilines is 2. The SMILES string of the molecule is Cc1ccc2c(c1)NCC21CCN(CCC2CCN(c3ncc(-c4cc(C(C)(F)F)cc(C(F)(F)F)c4)o3)CC2)CC1. The first-order valence-electron chi connectivity index (χ1n) is 14.8. The Morgan fingerprint density at radius 2 is 1.69 bits per heavy atom. The minimum atomic E-state index is -4.76. The molecule has 10 heteroatoms. The zero-order valence-electron chi connectivity index (χ0n) is 24.0. The lowest BCUT2D eigenvalue weighted by Crippen LogP contribution is -2.44. The molecule has 2 saturated heterocycles. The monoisotopic (exact) mass is 588 g/mol. The molecule has 0 radical (unpaired) electrons. The van der Waals surface area contributed by atoms with Gasteiger partial charge in [0.2, 0.25) is 0 Å². The fraction of sp³-hybridized carbons (Fsp3) is 0.531. The van der Waals surface area contributed by atoms with Crippen molar-refractivity contribution < 1.29 is 26.4 Å². The van der Waals surface area contributed by atoms with Crippen molar-refractivity contribution in [2.75, 3.05) is 49.5 Å². The summed E-state index contributed by atoms with van der Waals surface area (Å²) in [5.74, 6) is -2.79. The third-order valence-electron chi connectivity index (χ3n) is 9.46. The number of nitrogens with zero attached hydrogens (tertiary/aromatic N) is 3. The van der Waals surface area contributed by atoms with Gasteiger partial charge in [-0.15, -0.1) is 0 Å². The van der Waals surface area contributed by atoms with Gasteiger partial charge < -0.3 is 19.5 Å². The van der Waals surface area contributed by atoms with Gasteiger partial charge in [0.05, 0.1) is 11.8 Å². The lowest BCUT2D eigenvalue weighted by Gasteiger charge is -2.40. The van der Waals surface area contributed by atoms with E-state index in [4.69, 9.17) is 4.42 Å². The molecule has 42 heavy (non-hydrogen) atoms. The molecule has 0 unspecified atom stereocenters. The Hall–Kier alpha value is -3.14. The van der Waals surface area contributed by atoms with Crippen molar-refractivity contribution in [2.45, 2.75) is 63.5 Å². The molecule has 0 amide bonds. The summed E-state index contributed by atoms with van der Waals surface area (Å²) in [7, 11) is 0. The number of likely N-dealkylation sites (tertiary alicyclic amines) is 1. The number of aryl methyl sites for hydroxylation is 1. The fourth-order valence-electron chi connectivity index (χ4n) is 6.79. The maximum absolute atomic E-state index is 13.9. The van der Waals surface area contributed by atoms with Gasteiger partial charge in [-0.3, -0.25) is 0 Å². The van der Waals surface area contributed by atoms with E-state index in [0.717, 1.165) is 70.7 Å². The summed E-state index contributed by atoms with van der Waals surface area (Å²) in [5.41, 5.74) is 2.41. The maximum Gasteiger partial charge on any atom is 0.416 e. The molecule has 4 heterocycles. The van der Waals surface area contributed by atoms with Crippen molar-refractivity contribution in [3.8, 4) is 11.3 Å². The molecule has 3 aromatic rings. The summed E-state index contributed by atoms with van der Waals surface area (Å²) in [6, 6.07) is 9.46. The molecule has 1 spiro atoms. The van der Waals surface area contributed by atoms with Crippen LogP contribution in [0.25, 0.3) is 11.3 Å². The van der Waals surface area contributed by atoms with Gasteiger partial charge in [0, 0.05) is 48.8 Å². The first-order chi connectivity index (χ1) is 19.9. The van der Waals surface area contributed by atoms with Crippen molar-refractivity contribution in [1.82, 2.24) is 9.88 Å². The topological polar surface area (TPSA) is 44.5 Å². The molecule has 2 aromatic carbocycles. The number of rotatable bonds is 6. The van der Waals surface area contributed by atoms with Gasteiger partial charge in [-0.25, -0.2) is 13.8 Å². The number of fused-ring (bicyclic) bond motifs is 2. The van der Waals surface area contributed by atoms with E-state index in [1.807, 2.05) is 4.90 Å². The Morgan fingerprint density at radius 3 is 2.38 bits per heavy atom. The molecular weight excluding hydrogens is 551 g/mol. The van der Waals surface area contributed by atoms with E-state index in [9.17, 15) is 22.0 Å². The lowest BCUT2D eigenvalue weighted by atomic mass is 9.74. The van der Waals surface area contributed by atoms with Crippen molar-refractivity contribution in [2.24, 2.45) is 5.92 Å². The van der Waals surface area contributed by atoms with Gasteiger partial charge in [0.15, 0.2) is 5.76 Å². The van der Waals surface area contributed by atoms with Crippen molar-refractivity contribution in [3.05, 3.63) is 64.8 Å². The second-order valence-corrected chi connectivity index (χ2v) is 12.4. The molecule has 2 fully saturated rings. The standard InChI is InChI=1S/C32H37F5N4O/c1-21-3-4-26-27(15-21)39-20-31(26)8-13-40(14-9-31)10-5-22-6-11-41(12-7-22)29-38-19-28(42-29)23-16-24(30(2,33)34)18-25(17-23)32(35,36)37/h3-4,15-19,22,39H,5-14,20H2,1-2H3. The zero-order valence-corrected chi connectivity index (χ0v) is 24.0. The average molecular weight is 589 g/mol. The number of halogens is 5. The third kappa shape index (κ3) is 5.87. The van der Waals surface area contributed by atoms with Crippen LogP contribution in [0.2, 0.25) is 0 Å². The predicted octanol–water partition coefficient (Wildman–Crippen LogP) is 7.85. The molecule has 226 valence electrons. The zero-order chi connectivity index (χ0) is 29.7. The minimum absolute atomic E-state index is 0.0433. The molecule has 5 nitrogen and oxygen atoms in total. The van der Waals surface area contributed by atoms with Crippen molar-refractivity contribution >= 4 is 11.7 Å². The number of hydrogen-bond donors (Lipinski definition) is 1. The highest BCUT2D eigenvalue weighted by atomic mass is 19.4. The Morgan fingerprint density at radius 1 is 0.976 bits per heavy atom. The molecule has 6 rings (SSSR count). The van der Waals surface area contributed by atoms with Crippen LogP contribution in [0.5, 0.6) is 0 Å². The highest BCUT2D eigenvalue weighted by Crippen LogP contribution is 2.44. The number of aromatic nitrogens is 1. The van der Waals surface area contributed by atoms with Crippen LogP contribution in [0.1, 0.15) is 61.3 Å². The van der Waals surface area contributed by atoms with E-state index in [1.165, 1.54) is 35.9 Å². The number of nitrogens with one attached hydrogen (secondary N) is 1. The number of alkyl halides is 5. The van der Waals surface area contributed by atoms with Crippen LogP contribution < -0.4 is 10.2 Å². The molecular formula is C32H37F5N4O. The van der Waals surface area contributed by atoms with Crippen LogP contribution in [0, 0.1) is 12.8 Å². The Balaban J connectivity index is 1.01. The average Bonchev–Trinajstić information content (AvgIpc) is 3.58. The second kappa shape index (κ2) is 10.8. The van der Waals surface area contributed by atoms with Crippen LogP contribution in [0.15, 0.2) is 47.0 Å². The second-order valence-electron chi connectivity index (χ2n) is 12.4. The summed E-state index contributed by atoms with van der Waals surface area (Å²) < 4.78 is 73.9. The van der Waals surface area contributed by atoms with Crippen LogP contribution in [-0.2, 0) is 17.5 Å². The van der Waals surface area contributed by atoms with Gasteiger partial charge in [-0.1, -0.05) is 12.1 Å². The summed E-state index contributed by atoms with van der Waals surface area (Å²) in [4.78, 5) is 8.85. The first kappa shape index (κ1) is 29.0. The smallest absolute Gasteiger partial charge is 0.416 e.